The molecule has 3 atom stereocenters. The van der Waals surface area contributed by atoms with Crippen LogP contribution in [0, 0.1) is 0 Å². The van der Waals surface area contributed by atoms with Gasteiger partial charge in [-0.15, -0.1) is 0 Å². The first-order chi connectivity index (χ1) is 15.0. The van der Waals surface area contributed by atoms with E-state index in [0.717, 1.165) is 32.1 Å². The topological polar surface area (TPSA) is 127 Å². The van der Waals surface area contributed by atoms with E-state index in [4.69, 9.17) is 5.73 Å². The van der Waals surface area contributed by atoms with Crippen LogP contribution in [0.4, 0.5) is 0 Å². The van der Waals surface area contributed by atoms with E-state index in [1.165, 1.54) is 11.2 Å². The number of rotatable bonds is 11. The molecule has 2 amide bonds. The summed E-state index contributed by atoms with van der Waals surface area (Å²) in [6.45, 7) is 4.65. The van der Waals surface area contributed by atoms with Crippen LogP contribution in [0.15, 0.2) is 0 Å². The van der Waals surface area contributed by atoms with Gasteiger partial charge in [-0.1, -0.05) is 0 Å². The molecule has 0 radical (unpaired) electrons. The largest absolute Gasteiger partial charge is 0.390 e. The predicted molar refractivity (Wildman–Crippen MR) is 121 cm³/mol. The molecule has 0 aromatic rings. The number of fused-ring (bicyclic) bond motifs is 2. The molecular formula is C21H39N5O5S. The Bertz CT molecular complexity index is 789. The van der Waals surface area contributed by atoms with Crippen LogP contribution in [-0.2, 0) is 19.6 Å². The van der Waals surface area contributed by atoms with E-state index in [0.29, 0.717) is 45.7 Å². The summed E-state index contributed by atoms with van der Waals surface area (Å²) in [5, 5.41) is 10.8. The number of sulfonamides is 1. The molecule has 3 N–H and O–H groups in total. The summed E-state index contributed by atoms with van der Waals surface area (Å²) in [5.41, 5.74) is 5.10. The van der Waals surface area contributed by atoms with Crippen molar-refractivity contribution in [2.75, 3.05) is 58.6 Å². The zero-order valence-electron chi connectivity index (χ0n) is 19.4. The summed E-state index contributed by atoms with van der Waals surface area (Å²) in [7, 11) is -1.20. The number of likely N-dealkylation sites (N-methyl/N-ethyl adjacent to an activating group) is 1. The first-order valence-electron chi connectivity index (χ1n) is 11.7. The van der Waals surface area contributed by atoms with Gasteiger partial charge in [0.2, 0.25) is 21.8 Å². The maximum absolute atomic E-state index is 12.2. The molecule has 3 aliphatic heterocycles. The van der Waals surface area contributed by atoms with E-state index in [9.17, 15) is 23.1 Å². The minimum atomic E-state index is -3.10. The third kappa shape index (κ3) is 5.61. The maximum atomic E-state index is 12.2. The van der Waals surface area contributed by atoms with Gasteiger partial charge in [0.25, 0.3) is 0 Å². The number of amides is 2. The molecule has 0 aromatic carbocycles. The molecule has 0 spiro atoms. The Morgan fingerprint density at radius 3 is 2.56 bits per heavy atom. The van der Waals surface area contributed by atoms with Gasteiger partial charge in [0, 0.05) is 58.8 Å². The Balaban J connectivity index is 1.48. The normalized spacial score (nSPS) is 28.8. The average molecular weight is 474 g/mol. The van der Waals surface area contributed by atoms with Crippen LogP contribution < -0.4 is 5.73 Å². The number of aliphatic hydroxyl groups is 1. The van der Waals surface area contributed by atoms with Crippen molar-refractivity contribution in [1.29, 1.82) is 0 Å². The number of hydrogen-bond donors (Lipinski definition) is 2. The highest BCUT2D eigenvalue weighted by atomic mass is 32.2. The van der Waals surface area contributed by atoms with Crippen LogP contribution in [0.3, 0.4) is 0 Å². The second-order valence-electron chi connectivity index (χ2n) is 9.62. The molecule has 11 heteroatoms. The fourth-order valence-electron chi connectivity index (χ4n) is 5.51. The van der Waals surface area contributed by atoms with Gasteiger partial charge in [-0.2, -0.15) is 0 Å². The van der Waals surface area contributed by atoms with Crippen LogP contribution in [0.25, 0.3) is 0 Å². The lowest BCUT2D eigenvalue weighted by Crippen LogP contribution is -2.60. The predicted octanol–water partition coefficient (Wildman–Crippen LogP) is -0.964. The minimum absolute atomic E-state index is 0.120. The Labute approximate surface area is 191 Å². The van der Waals surface area contributed by atoms with Crippen molar-refractivity contribution in [1.82, 2.24) is 19.0 Å². The van der Waals surface area contributed by atoms with Gasteiger partial charge in [0.05, 0.1) is 11.9 Å². The smallest absolute Gasteiger partial charge is 0.237 e. The van der Waals surface area contributed by atoms with Gasteiger partial charge in [-0.05, 0) is 45.6 Å². The van der Waals surface area contributed by atoms with E-state index in [1.54, 1.807) is 4.90 Å². The van der Waals surface area contributed by atoms with Crippen LogP contribution in [0.1, 0.15) is 45.4 Å². The van der Waals surface area contributed by atoms with Crippen LogP contribution in [0.2, 0.25) is 0 Å². The van der Waals surface area contributed by atoms with E-state index in [-0.39, 0.29) is 30.2 Å². The number of nitrogens with zero attached hydrogens (tertiary/aromatic N) is 4. The van der Waals surface area contributed by atoms with Gasteiger partial charge < -0.3 is 20.6 Å². The summed E-state index contributed by atoms with van der Waals surface area (Å²) in [4.78, 5) is 30.1. The fourth-order valence-corrected chi connectivity index (χ4v) is 7.03. The van der Waals surface area contributed by atoms with E-state index < -0.39 is 21.7 Å². The first kappa shape index (κ1) is 25.4. The second kappa shape index (κ2) is 10.3. The Morgan fingerprint density at radius 2 is 1.94 bits per heavy atom. The second-order valence-corrected chi connectivity index (χ2v) is 11.7. The molecule has 3 aliphatic rings. The number of piperidine rings is 1. The van der Waals surface area contributed by atoms with E-state index in [1.807, 2.05) is 11.9 Å². The molecule has 3 fully saturated rings. The molecule has 184 valence electrons. The van der Waals surface area contributed by atoms with Gasteiger partial charge in [-0.3, -0.25) is 14.5 Å². The highest BCUT2D eigenvalue weighted by Crippen LogP contribution is 2.43. The SMILES string of the molecule is CC(=O)N(CCN(C)CCN1CCCS1(=O)=O)CC(O)CN1[C@@H]2CCC[C@@]1(C(N)=O)CC2. The van der Waals surface area contributed by atoms with E-state index >= 15 is 0 Å². The van der Waals surface area contributed by atoms with Gasteiger partial charge in [-0.25, -0.2) is 12.7 Å². The lowest BCUT2D eigenvalue weighted by molar-refractivity contribution is -0.135. The molecular weight excluding hydrogens is 434 g/mol. The van der Waals surface area contributed by atoms with Crippen molar-refractivity contribution in [3.05, 3.63) is 0 Å². The van der Waals surface area contributed by atoms with Crippen LogP contribution >= 0.6 is 0 Å². The number of aliphatic hydroxyl groups excluding tert-OH is 1. The monoisotopic (exact) mass is 473 g/mol. The minimum Gasteiger partial charge on any atom is -0.390 e. The Kier molecular flexibility index (Phi) is 8.19. The van der Waals surface area contributed by atoms with Crippen molar-refractivity contribution in [3.8, 4) is 0 Å². The number of primary amides is 1. The van der Waals surface area contributed by atoms with Gasteiger partial charge >= 0.3 is 0 Å². The molecule has 3 saturated heterocycles. The summed E-state index contributed by atoms with van der Waals surface area (Å²) < 4.78 is 25.4. The number of β-amino-alcohol motifs (C(OH)–C–C–N with tert-alkyl or cyclic N) is 1. The first-order valence-corrected chi connectivity index (χ1v) is 13.3. The van der Waals surface area contributed by atoms with Crippen molar-refractivity contribution in [3.63, 3.8) is 0 Å². The number of carbonyl (C=O) groups excluding carboxylic acids is 2. The summed E-state index contributed by atoms with van der Waals surface area (Å²) in [6, 6.07) is 0.268. The molecule has 0 aromatic heterocycles. The van der Waals surface area contributed by atoms with Crippen molar-refractivity contribution < 1.29 is 23.1 Å². The van der Waals surface area contributed by atoms with Crippen molar-refractivity contribution >= 4 is 21.8 Å². The molecule has 3 rings (SSSR count). The molecule has 1 unspecified atom stereocenters. The zero-order chi connectivity index (χ0) is 23.5. The average Bonchev–Trinajstić information content (AvgIpc) is 3.13. The van der Waals surface area contributed by atoms with E-state index in [2.05, 4.69) is 4.90 Å². The number of nitrogens with two attached hydrogens (primary N) is 1. The standard InChI is InChI=1S/C21H39N5O5S/c1-17(27)24(12-10-23(2)11-13-25-9-4-14-32(25,30)31)15-19(28)16-26-18-5-3-7-21(26,8-6-18)20(22)29/h18-19,28H,3-16H2,1-2H3,(H2,22,29)/t18-,19?,21+/m1/s1. The fraction of sp³-hybridized carbons (Fsp3) is 0.905. The highest BCUT2D eigenvalue weighted by molar-refractivity contribution is 7.89. The quantitative estimate of drug-likeness (QED) is 0.395. The van der Waals surface area contributed by atoms with Crippen molar-refractivity contribution in [2.24, 2.45) is 5.73 Å². The third-order valence-electron chi connectivity index (χ3n) is 7.44. The van der Waals surface area contributed by atoms with Gasteiger partial charge in [0.15, 0.2) is 0 Å². The highest BCUT2D eigenvalue weighted by Gasteiger charge is 2.52. The molecule has 32 heavy (non-hydrogen) atoms. The van der Waals surface area contributed by atoms with Crippen LogP contribution in [0.5, 0.6) is 0 Å². The molecule has 3 heterocycles. The maximum Gasteiger partial charge on any atom is 0.237 e. The zero-order valence-corrected chi connectivity index (χ0v) is 20.2. The number of carbonyl (C=O) groups is 2. The lowest BCUT2D eigenvalue weighted by atomic mass is 9.87. The summed E-state index contributed by atoms with van der Waals surface area (Å²) in [6.07, 6.45) is 4.30. The Hall–Kier alpha value is -1.27. The molecule has 10 nitrogen and oxygen atoms in total. The molecule has 2 bridgehead atoms. The summed E-state index contributed by atoms with van der Waals surface area (Å²) in [5.74, 6) is -0.204. The lowest BCUT2D eigenvalue weighted by Gasteiger charge is -2.44. The van der Waals surface area contributed by atoms with Crippen molar-refractivity contribution in [2.45, 2.75) is 63.1 Å². The van der Waals surface area contributed by atoms with Gasteiger partial charge in [0.1, 0.15) is 5.54 Å². The number of hydrogen-bond acceptors (Lipinski definition) is 7. The molecule has 0 aliphatic carbocycles. The molecule has 0 saturated carbocycles. The third-order valence-corrected chi connectivity index (χ3v) is 9.39. The Morgan fingerprint density at radius 1 is 1.19 bits per heavy atom. The van der Waals surface area contributed by atoms with Crippen LogP contribution in [-0.4, -0.2) is 121 Å². The summed E-state index contributed by atoms with van der Waals surface area (Å²) >= 11 is 0.